The molecule has 0 aliphatic carbocycles. The van der Waals surface area contributed by atoms with Gasteiger partial charge < -0.3 is 0 Å². The largest absolute Gasteiger partial charge is 0.251 e. The van der Waals surface area contributed by atoms with Crippen molar-refractivity contribution in [2.24, 2.45) is 0 Å². The van der Waals surface area contributed by atoms with E-state index in [2.05, 4.69) is 0 Å². The molecular weight excluding hydrogens is 134 g/mol. The van der Waals surface area contributed by atoms with Gasteiger partial charge in [-0.2, -0.15) is 0 Å². The van der Waals surface area contributed by atoms with Crippen molar-refractivity contribution >= 4 is 0 Å². The standard InChI is InChI=1S/C8H16F2/c1-8(10)6-4-2-3-5-7-9/h8H,2-7H2,1H3. The molecule has 0 nitrogen and oxygen atoms in total. The van der Waals surface area contributed by atoms with E-state index >= 15 is 0 Å². The molecule has 0 aromatic carbocycles. The minimum Gasteiger partial charge on any atom is -0.251 e. The van der Waals surface area contributed by atoms with E-state index in [-0.39, 0.29) is 6.67 Å². The highest BCUT2D eigenvalue weighted by Crippen LogP contribution is 2.07. The first-order valence-electron chi connectivity index (χ1n) is 3.97. The van der Waals surface area contributed by atoms with E-state index < -0.39 is 6.17 Å². The van der Waals surface area contributed by atoms with Crippen LogP contribution in [0.1, 0.15) is 39.0 Å². The van der Waals surface area contributed by atoms with Crippen molar-refractivity contribution < 1.29 is 8.78 Å². The lowest BCUT2D eigenvalue weighted by Crippen LogP contribution is -1.91. The molecule has 0 aliphatic heterocycles. The molecule has 0 aromatic rings. The zero-order valence-electron chi connectivity index (χ0n) is 6.58. The zero-order chi connectivity index (χ0) is 7.82. The Morgan fingerprint density at radius 3 is 2.20 bits per heavy atom. The molecule has 0 radical (unpaired) electrons. The van der Waals surface area contributed by atoms with Crippen LogP contribution >= 0.6 is 0 Å². The van der Waals surface area contributed by atoms with Gasteiger partial charge in [-0.05, 0) is 19.8 Å². The van der Waals surface area contributed by atoms with Crippen LogP contribution in [0.15, 0.2) is 0 Å². The van der Waals surface area contributed by atoms with Crippen LogP contribution in [-0.4, -0.2) is 12.8 Å². The second-order valence-electron chi connectivity index (χ2n) is 2.67. The molecule has 0 spiro atoms. The Bertz CT molecular complexity index is 62.3. The molecule has 0 N–H and O–H groups in total. The summed E-state index contributed by atoms with van der Waals surface area (Å²) in [6, 6.07) is 0. The van der Waals surface area contributed by atoms with Gasteiger partial charge in [0.15, 0.2) is 0 Å². The Kier molecular flexibility index (Phi) is 6.88. The molecule has 1 unspecified atom stereocenters. The molecule has 10 heavy (non-hydrogen) atoms. The number of halogens is 2. The van der Waals surface area contributed by atoms with Crippen molar-refractivity contribution in [2.75, 3.05) is 6.67 Å². The average molecular weight is 150 g/mol. The van der Waals surface area contributed by atoms with Gasteiger partial charge in [-0.1, -0.05) is 19.3 Å². The maximum atomic E-state index is 12.1. The summed E-state index contributed by atoms with van der Waals surface area (Å²) in [4.78, 5) is 0. The summed E-state index contributed by atoms with van der Waals surface area (Å²) in [6.45, 7) is 1.33. The first kappa shape index (κ1) is 9.86. The summed E-state index contributed by atoms with van der Waals surface area (Å²) < 4.78 is 23.6. The summed E-state index contributed by atoms with van der Waals surface area (Å²) in [5.41, 5.74) is 0. The number of unbranched alkanes of at least 4 members (excludes halogenated alkanes) is 3. The van der Waals surface area contributed by atoms with Crippen LogP contribution in [-0.2, 0) is 0 Å². The van der Waals surface area contributed by atoms with Crippen molar-refractivity contribution in [3.05, 3.63) is 0 Å². The van der Waals surface area contributed by atoms with Crippen molar-refractivity contribution in [1.29, 1.82) is 0 Å². The lowest BCUT2D eigenvalue weighted by atomic mass is 10.1. The van der Waals surface area contributed by atoms with E-state index in [0.717, 1.165) is 19.3 Å². The lowest BCUT2D eigenvalue weighted by molar-refractivity contribution is 0.328. The summed E-state index contributed by atoms with van der Waals surface area (Å²) in [5, 5.41) is 0. The maximum absolute atomic E-state index is 12.1. The second-order valence-corrected chi connectivity index (χ2v) is 2.67. The fourth-order valence-corrected chi connectivity index (χ4v) is 0.874. The highest BCUT2D eigenvalue weighted by molar-refractivity contribution is 4.48. The molecule has 0 bridgehead atoms. The van der Waals surface area contributed by atoms with Gasteiger partial charge in [-0.3, -0.25) is 4.39 Å². The molecule has 2 heteroatoms. The van der Waals surface area contributed by atoms with E-state index in [4.69, 9.17) is 0 Å². The average Bonchev–Trinajstić information content (AvgIpc) is 1.87. The van der Waals surface area contributed by atoms with E-state index in [0.29, 0.717) is 12.8 Å². The maximum Gasteiger partial charge on any atom is 0.0973 e. The van der Waals surface area contributed by atoms with Gasteiger partial charge in [0.05, 0.1) is 12.8 Å². The minimum atomic E-state index is -0.689. The lowest BCUT2D eigenvalue weighted by Gasteiger charge is -1.99. The van der Waals surface area contributed by atoms with Gasteiger partial charge in [-0.15, -0.1) is 0 Å². The summed E-state index contributed by atoms with van der Waals surface area (Å²) in [6.07, 6.45) is 3.36. The van der Waals surface area contributed by atoms with Crippen LogP contribution in [0.5, 0.6) is 0 Å². The molecule has 0 aliphatic rings. The highest BCUT2D eigenvalue weighted by atomic mass is 19.1. The summed E-state index contributed by atoms with van der Waals surface area (Å²) in [5.74, 6) is 0. The topological polar surface area (TPSA) is 0 Å². The normalized spacial score (nSPS) is 13.5. The fourth-order valence-electron chi connectivity index (χ4n) is 0.874. The molecule has 0 aromatic heterocycles. The van der Waals surface area contributed by atoms with Crippen LogP contribution in [0.4, 0.5) is 8.78 Å². The van der Waals surface area contributed by atoms with Crippen LogP contribution in [0, 0.1) is 0 Å². The number of alkyl halides is 2. The molecular formula is C8H16F2. The van der Waals surface area contributed by atoms with E-state index in [1.807, 2.05) is 0 Å². The van der Waals surface area contributed by atoms with Crippen LogP contribution in [0.2, 0.25) is 0 Å². The zero-order valence-corrected chi connectivity index (χ0v) is 6.58. The predicted octanol–water partition coefficient (Wildman–Crippen LogP) is 3.26. The van der Waals surface area contributed by atoms with Crippen molar-refractivity contribution in [3.8, 4) is 0 Å². The van der Waals surface area contributed by atoms with E-state index in [1.54, 1.807) is 6.92 Å². The van der Waals surface area contributed by atoms with Crippen LogP contribution in [0.3, 0.4) is 0 Å². The van der Waals surface area contributed by atoms with Gasteiger partial charge in [0, 0.05) is 0 Å². The van der Waals surface area contributed by atoms with Crippen molar-refractivity contribution in [2.45, 2.75) is 45.2 Å². The third-order valence-corrected chi connectivity index (χ3v) is 1.49. The van der Waals surface area contributed by atoms with Gasteiger partial charge >= 0.3 is 0 Å². The Balaban J connectivity index is 2.77. The van der Waals surface area contributed by atoms with Crippen LogP contribution < -0.4 is 0 Å². The minimum absolute atomic E-state index is 0.231. The molecule has 0 fully saturated rings. The quantitative estimate of drug-likeness (QED) is 0.510. The number of rotatable bonds is 6. The van der Waals surface area contributed by atoms with Gasteiger partial charge in [0.25, 0.3) is 0 Å². The SMILES string of the molecule is CC(F)CCCCCCF. The van der Waals surface area contributed by atoms with Crippen molar-refractivity contribution in [1.82, 2.24) is 0 Å². The Hall–Kier alpha value is -0.140. The summed E-state index contributed by atoms with van der Waals surface area (Å²) in [7, 11) is 0. The first-order valence-corrected chi connectivity index (χ1v) is 3.97. The summed E-state index contributed by atoms with van der Waals surface area (Å²) >= 11 is 0. The number of hydrogen-bond acceptors (Lipinski definition) is 0. The molecule has 0 heterocycles. The third kappa shape index (κ3) is 7.86. The Morgan fingerprint density at radius 1 is 1.10 bits per heavy atom. The molecule has 1 atom stereocenters. The highest BCUT2D eigenvalue weighted by Gasteiger charge is 1.96. The third-order valence-electron chi connectivity index (χ3n) is 1.49. The monoisotopic (exact) mass is 150 g/mol. The van der Waals surface area contributed by atoms with E-state index in [1.165, 1.54) is 0 Å². The van der Waals surface area contributed by atoms with Gasteiger partial charge in [-0.25, -0.2) is 4.39 Å². The molecule has 0 rings (SSSR count). The van der Waals surface area contributed by atoms with Crippen LogP contribution in [0.25, 0.3) is 0 Å². The molecule has 0 amide bonds. The number of hydrogen-bond donors (Lipinski definition) is 0. The van der Waals surface area contributed by atoms with Gasteiger partial charge in [0.1, 0.15) is 0 Å². The van der Waals surface area contributed by atoms with E-state index in [9.17, 15) is 8.78 Å². The Morgan fingerprint density at radius 2 is 1.70 bits per heavy atom. The molecule has 0 saturated carbocycles. The fraction of sp³-hybridized carbons (Fsp3) is 1.00. The molecule has 62 valence electrons. The Labute approximate surface area is 61.6 Å². The first-order chi connectivity index (χ1) is 4.77. The smallest absolute Gasteiger partial charge is 0.0973 e. The van der Waals surface area contributed by atoms with Crippen molar-refractivity contribution in [3.63, 3.8) is 0 Å². The predicted molar refractivity (Wildman–Crippen MR) is 39.6 cm³/mol. The second kappa shape index (κ2) is 6.97. The molecule has 0 saturated heterocycles. The van der Waals surface area contributed by atoms with Gasteiger partial charge in [0.2, 0.25) is 0 Å².